The molecule has 2 N–H and O–H groups in total. The van der Waals surface area contributed by atoms with Crippen LogP contribution in [-0.4, -0.2) is 85.7 Å². The molecule has 0 amide bonds. The molecule has 166 valence electrons. The predicted molar refractivity (Wildman–Crippen MR) is 101 cm³/mol. The molecule has 1 aliphatic heterocycles. The van der Waals surface area contributed by atoms with Gasteiger partial charge in [-0.05, 0) is 25.5 Å². The number of carbonyl (C=O) groups is 1. The summed E-state index contributed by atoms with van der Waals surface area (Å²) in [5, 5.41) is 16.0. The first-order valence-electron chi connectivity index (χ1n) is 9.28. The summed E-state index contributed by atoms with van der Waals surface area (Å²) in [4.78, 5) is 13.8. The third kappa shape index (κ3) is 8.88. The fourth-order valence-corrected chi connectivity index (χ4v) is 2.94. The smallest absolute Gasteiger partial charge is 0.490 e. The molecule has 0 saturated carbocycles. The highest BCUT2D eigenvalue weighted by Gasteiger charge is 2.38. The number of para-hydroxylation sites is 1. The molecule has 0 unspecified atom stereocenters. The molecule has 0 aromatic heterocycles. The minimum atomic E-state index is -5.08. The van der Waals surface area contributed by atoms with E-state index in [1.807, 2.05) is 12.1 Å². The van der Waals surface area contributed by atoms with E-state index in [9.17, 15) is 13.2 Å². The zero-order valence-corrected chi connectivity index (χ0v) is 16.7. The lowest BCUT2D eigenvalue weighted by Gasteiger charge is -2.35. The van der Waals surface area contributed by atoms with Crippen molar-refractivity contribution in [3.8, 4) is 11.5 Å². The average Bonchev–Trinajstić information content (AvgIpc) is 2.69. The number of aliphatic hydroxyl groups excluding tert-OH is 1. The number of rotatable bonds is 8. The van der Waals surface area contributed by atoms with Gasteiger partial charge in [0.1, 0.15) is 0 Å². The summed E-state index contributed by atoms with van der Waals surface area (Å²) in [6.45, 7) is 6.62. The zero-order valence-electron chi connectivity index (χ0n) is 16.7. The van der Waals surface area contributed by atoms with Crippen LogP contribution in [0.15, 0.2) is 18.2 Å². The molecule has 2 rings (SSSR count). The summed E-state index contributed by atoms with van der Waals surface area (Å²) in [7, 11) is 3.37. The minimum absolute atomic E-state index is 0.301. The van der Waals surface area contributed by atoms with E-state index in [2.05, 4.69) is 15.9 Å². The molecule has 0 aliphatic carbocycles. The van der Waals surface area contributed by atoms with Gasteiger partial charge in [-0.1, -0.05) is 12.1 Å². The van der Waals surface area contributed by atoms with Gasteiger partial charge in [0, 0.05) is 44.9 Å². The van der Waals surface area contributed by atoms with Gasteiger partial charge in [-0.2, -0.15) is 13.2 Å². The maximum absolute atomic E-state index is 10.6. The third-order valence-corrected chi connectivity index (χ3v) is 4.47. The van der Waals surface area contributed by atoms with Crippen molar-refractivity contribution >= 4 is 5.97 Å². The van der Waals surface area contributed by atoms with Crippen LogP contribution >= 0.6 is 0 Å². The number of hydrogen-bond acceptors (Lipinski definition) is 6. The lowest BCUT2D eigenvalue weighted by atomic mass is 10.1. The van der Waals surface area contributed by atoms with Crippen LogP contribution in [0.3, 0.4) is 0 Å². The molecule has 1 fully saturated rings. The van der Waals surface area contributed by atoms with Crippen LogP contribution in [0.4, 0.5) is 13.2 Å². The van der Waals surface area contributed by atoms with Crippen LogP contribution in [-0.2, 0) is 11.3 Å². The number of alkyl halides is 3. The molecular formula is C19H29F3N2O5. The number of ether oxygens (including phenoxy) is 2. The van der Waals surface area contributed by atoms with Gasteiger partial charge in [0.05, 0.1) is 14.2 Å². The predicted octanol–water partition coefficient (Wildman–Crippen LogP) is 2.23. The maximum Gasteiger partial charge on any atom is 0.490 e. The molecule has 0 spiro atoms. The van der Waals surface area contributed by atoms with Crippen molar-refractivity contribution in [2.24, 2.45) is 0 Å². The van der Waals surface area contributed by atoms with E-state index in [4.69, 9.17) is 24.5 Å². The van der Waals surface area contributed by atoms with E-state index in [0.717, 1.165) is 63.6 Å². The number of piperazine rings is 1. The quantitative estimate of drug-likeness (QED) is 0.622. The molecule has 1 heterocycles. The van der Waals surface area contributed by atoms with Crippen LogP contribution in [0, 0.1) is 0 Å². The summed E-state index contributed by atoms with van der Waals surface area (Å²) < 4.78 is 42.6. The highest BCUT2D eigenvalue weighted by Crippen LogP contribution is 2.31. The summed E-state index contributed by atoms with van der Waals surface area (Å²) >= 11 is 0. The molecule has 1 saturated heterocycles. The largest absolute Gasteiger partial charge is 0.493 e. The van der Waals surface area contributed by atoms with Gasteiger partial charge in [0.15, 0.2) is 11.5 Å². The first-order valence-corrected chi connectivity index (χ1v) is 9.28. The van der Waals surface area contributed by atoms with E-state index in [1.54, 1.807) is 14.2 Å². The van der Waals surface area contributed by atoms with Crippen molar-refractivity contribution in [3.63, 3.8) is 0 Å². The molecule has 0 bridgehead atoms. The van der Waals surface area contributed by atoms with Crippen molar-refractivity contribution in [3.05, 3.63) is 23.8 Å². The number of carboxylic acids is 1. The van der Waals surface area contributed by atoms with Gasteiger partial charge in [-0.25, -0.2) is 4.79 Å². The number of aliphatic hydroxyl groups is 1. The number of carboxylic acid groups (broad SMARTS) is 1. The van der Waals surface area contributed by atoms with Crippen molar-refractivity contribution in [2.45, 2.75) is 25.6 Å². The SMILES string of the molecule is COc1cccc(CN2CCN(CCCCO)CC2)c1OC.O=C(O)C(F)(F)F. The van der Waals surface area contributed by atoms with Crippen LogP contribution in [0.2, 0.25) is 0 Å². The highest BCUT2D eigenvalue weighted by atomic mass is 19.4. The fourth-order valence-electron chi connectivity index (χ4n) is 2.94. The molecule has 1 aromatic rings. The Bertz CT molecular complexity index is 620. The Morgan fingerprint density at radius 1 is 1.07 bits per heavy atom. The molecule has 1 aliphatic rings. The van der Waals surface area contributed by atoms with Crippen LogP contribution in [0.25, 0.3) is 0 Å². The minimum Gasteiger partial charge on any atom is -0.493 e. The Balaban J connectivity index is 0.000000516. The summed E-state index contributed by atoms with van der Waals surface area (Å²) in [5.74, 6) is -1.12. The first-order chi connectivity index (χ1) is 13.7. The number of hydrogen-bond donors (Lipinski definition) is 2. The molecule has 29 heavy (non-hydrogen) atoms. The van der Waals surface area contributed by atoms with Gasteiger partial charge in [-0.3, -0.25) is 4.90 Å². The number of benzene rings is 1. The van der Waals surface area contributed by atoms with Gasteiger partial charge >= 0.3 is 12.1 Å². The van der Waals surface area contributed by atoms with E-state index >= 15 is 0 Å². The van der Waals surface area contributed by atoms with E-state index in [1.165, 1.54) is 5.56 Å². The summed E-state index contributed by atoms with van der Waals surface area (Å²) in [6.07, 6.45) is -3.10. The number of methoxy groups -OCH3 is 2. The summed E-state index contributed by atoms with van der Waals surface area (Å²) in [6, 6.07) is 6.05. The number of unbranched alkanes of at least 4 members (excludes halogenated alkanes) is 1. The normalized spacial score (nSPS) is 15.4. The number of nitrogens with zero attached hydrogens (tertiary/aromatic N) is 2. The van der Waals surface area contributed by atoms with Crippen LogP contribution in [0.5, 0.6) is 11.5 Å². The van der Waals surface area contributed by atoms with Gasteiger partial charge in [0.25, 0.3) is 0 Å². The standard InChI is InChI=1S/C17H28N2O3.C2HF3O2/c1-21-16-7-5-6-15(17(16)22-2)14-19-11-9-18(10-12-19)8-3-4-13-20;3-2(4,5)1(6)7/h5-7,20H,3-4,8-14H2,1-2H3;(H,6,7). The van der Waals surface area contributed by atoms with Crippen molar-refractivity contribution in [2.75, 3.05) is 53.6 Å². The molecule has 7 nitrogen and oxygen atoms in total. The lowest BCUT2D eigenvalue weighted by Crippen LogP contribution is -2.46. The van der Waals surface area contributed by atoms with Crippen molar-refractivity contribution < 1.29 is 37.7 Å². The molecule has 0 radical (unpaired) electrons. The molecule has 10 heteroatoms. The first kappa shape index (κ1) is 25.0. The van der Waals surface area contributed by atoms with Crippen molar-refractivity contribution in [1.29, 1.82) is 0 Å². The Morgan fingerprint density at radius 2 is 1.66 bits per heavy atom. The Kier molecular flexibility index (Phi) is 10.8. The van der Waals surface area contributed by atoms with E-state index in [-0.39, 0.29) is 0 Å². The second-order valence-corrected chi connectivity index (χ2v) is 6.50. The fraction of sp³-hybridized carbons (Fsp3) is 0.632. The average molecular weight is 422 g/mol. The third-order valence-electron chi connectivity index (χ3n) is 4.47. The zero-order chi connectivity index (χ0) is 21.9. The second-order valence-electron chi connectivity index (χ2n) is 6.50. The van der Waals surface area contributed by atoms with E-state index in [0.29, 0.717) is 6.61 Å². The van der Waals surface area contributed by atoms with Gasteiger partial charge in [-0.15, -0.1) is 0 Å². The lowest BCUT2D eigenvalue weighted by molar-refractivity contribution is -0.192. The maximum atomic E-state index is 10.6. The van der Waals surface area contributed by atoms with Crippen molar-refractivity contribution in [1.82, 2.24) is 9.80 Å². The molecule has 1 aromatic carbocycles. The van der Waals surface area contributed by atoms with Crippen LogP contribution in [0.1, 0.15) is 18.4 Å². The Morgan fingerprint density at radius 3 is 2.14 bits per heavy atom. The van der Waals surface area contributed by atoms with E-state index < -0.39 is 12.1 Å². The Hall–Kier alpha value is -2.04. The topological polar surface area (TPSA) is 82.5 Å². The molecular weight excluding hydrogens is 393 g/mol. The summed E-state index contributed by atoms with van der Waals surface area (Å²) in [5.41, 5.74) is 1.18. The van der Waals surface area contributed by atoms with Gasteiger partial charge < -0.3 is 24.6 Å². The number of halogens is 3. The van der Waals surface area contributed by atoms with Crippen LogP contribution < -0.4 is 9.47 Å². The molecule has 0 atom stereocenters. The highest BCUT2D eigenvalue weighted by molar-refractivity contribution is 5.73. The number of aliphatic carboxylic acids is 1. The van der Waals surface area contributed by atoms with Gasteiger partial charge in [0.2, 0.25) is 0 Å². The Labute approximate surface area is 168 Å². The monoisotopic (exact) mass is 422 g/mol. The second kappa shape index (κ2) is 12.5.